The molecule has 0 saturated heterocycles. The number of methoxy groups -OCH3 is 3. The van der Waals surface area contributed by atoms with Crippen molar-refractivity contribution in [2.24, 2.45) is 0 Å². The van der Waals surface area contributed by atoms with Crippen molar-refractivity contribution in [2.75, 3.05) is 34.5 Å². The molecule has 1 atom stereocenters. The fraction of sp³-hybridized carbons (Fsp3) is 0.818. The summed E-state index contributed by atoms with van der Waals surface area (Å²) in [7, 11) is 4.47. The molecule has 102 valence electrons. The Balaban J connectivity index is 0. The lowest BCUT2D eigenvalue weighted by Crippen LogP contribution is -2.17. The monoisotopic (exact) mass is 250 g/mol. The summed E-state index contributed by atoms with van der Waals surface area (Å²) in [6, 6.07) is 0. The summed E-state index contributed by atoms with van der Waals surface area (Å²) in [4.78, 5) is 20.5. The summed E-state index contributed by atoms with van der Waals surface area (Å²) >= 11 is 0. The first-order chi connectivity index (χ1) is 7.97. The summed E-state index contributed by atoms with van der Waals surface area (Å²) in [5.74, 6) is -0.494. The summed E-state index contributed by atoms with van der Waals surface area (Å²) in [6.45, 7) is 4.06. The summed E-state index contributed by atoms with van der Waals surface area (Å²) in [6.07, 6.45) is 0.208. The molecule has 0 rings (SSSR count). The minimum Gasteiger partial charge on any atom is -0.469 e. The Morgan fingerprint density at radius 3 is 2.06 bits per heavy atom. The third-order valence-electron chi connectivity index (χ3n) is 1.51. The highest BCUT2D eigenvalue weighted by atomic mass is 16.6. The van der Waals surface area contributed by atoms with E-state index in [-0.39, 0.29) is 18.0 Å². The zero-order valence-electron chi connectivity index (χ0n) is 11.1. The van der Waals surface area contributed by atoms with E-state index in [2.05, 4.69) is 9.47 Å². The number of ether oxygens (including phenoxy) is 4. The van der Waals surface area contributed by atoms with E-state index in [4.69, 9.17) is 9.47 Å². The normalized spacial score (nSPS) is 10.9. The van der Waals surface area contributed by atoms with Crippen molar-refractivity contribution < 1.29 is 28.5 Å². The Labute approximate surface area is 102 Å². The smallest absolute Gasteiger partial charge is 0.307 e. The maximum atomic E-state index is 10.3. The molecule has 0 N–H and O–H groups in total. The number of hydrogen-bond donors (Lipinski definition) is 0. The van der Waals surface area contributed by atoms with Gasteiger partial charge in [-0.3, -0.25) is 9.59 Å². The van der Waals surface area contributed by atoms with Gasteiger partial charge in [0.25, 0.3) is 0 Å². The van der Waals surface area contributed by atoms with Crippen LogP contribution in [0.15, 0.2) is 0 Å². The minimum atomic E-state index is -0.264. The fourth-order valence-electron chi connectivity index (χ4n) is 0.840. The van der Waals surface area contributed by atoms with Gasteiger partial charge in [0.1, 0.15) is 6.10 Å². The van der Waals surface area contributed by atoms with Gasteiger partial charge < -0.3 is 18.9 Å². The van der Waals surface area contributed by atoms with Gasteiger partial charge in [0.15, 0.2) is 0 Å². The van der Waals surface area contributed by atoms with Crippen LogP contribution in [-0.4, -0.2) is 52.6 Å². The Hall–Kier alpha value is -1.14. The molecule has 0 aromatic rings. The number of carbonyl (C=O) groups excluding carboxylic acids is 2. The predicted molar refractivity (Wildman–Crippen MR) is 61.6 cm³/mol. The van der Waals surface area contributed by atoms with E-state index in [1.54, 1.807) is 21.1 Å². The third kappa shape index (κ3) is 17.5. The molecule has 1 unspecified atom stereocenters. The van der Waals surface area contributed by atoms with E-state index >= 15 is 0 Å². The van der Waals surface area contributed by atoms with Crippen LogP contribution < -0.4 is 0 Å². The van der Waals surface area contributed by atoms with E-state index in [0.717, 1.165) is 0 Å². The molecule has 0 fully saturated rings. The second-order valence-corrected chi connectivity index (χ2v) is 3.19. The molecule has 0 spiro atoms. The Morgan fingerprint density at radius 2 is 1.71 bits per heavy atom. The summed E-state index contributed by atoms with van der Waals surface area (Å²) in [5.41, 5.74) is 0. The molecule has 0 aromatic carbocycles. The molecular formula is C11H22O6. The molecule has 0 saturated carbocycles. The average Bonchev–Trinajstić information content (AvgIpc) is 2.26. The molecule has 0 radical (unpaired) electrons. The van der Waals surface area contributed by atoms with Gasteiger partial charge in [-0.1, -0.05) is 0 Å². The van der Waals surface area contributed by atoms with Crippen LogP contribution in [0.2, 0.25) is 0 Å². The first-order valence-corrected chi connectivity index (χ1v) is 5.19. The Kier molecular flexibility index (Phi) is 13.9. The highest BCUT2D eigenvalue weighted by molar-refractivity contribution is 5.69. The molecule has 0 aliphatic carbocycles. The zero-order chi connectivity index (χ0) is 13.7. The first kappa shape index (κ1) is 18.2. The highest BCUT2D eigenvalue weighted by Crippen LogP contribution is 1.90. The SMILES string of the molecule is COCC(C)OC(C)=O.COCCC(=O)OC. The van der Waals surface area contributed by atoms with Crippen molar-refractivity contribution >= 4 is 11.9 Å². The van der Waals surface area contributed by atoms with Crippen LogP contribution in [0.25, 0.3) is 0 Å². The van der Waals surface area contributed by atoms with Gasteiger partial charge >= 0.3 is 11.9 Å². The topological polar surface area (TPSA) is 71.1 Å². The maximum Gasteiger partial charge on any atom is 0.307 e. The van der Waals surface area contributed by atoms with Crippen molar-refractivity contribution in [1.29, 1.82) is 0 Å². The lowest BCUT2D eigenvalue weighted by molar-refractivity contribution is -0.147. The quantitative estimate of drug-likeness (QED) is 0.649. The fourth-order valence-corrected chi connectivity index (χ4v) is 0.840. The van der Waals surface area contributed by atoms with Gasteiger partial charge in [-0.05, 0) is 6.92 Å². The van der Waals surface area contributed by atoms with Gasteiger partial charge in [-0.2, -0.15) is 0 Å². The van der Waals surface area contributed by atoms with Gasteiger partial charge in [0, 0.05) is 21.1 Å². The van der Waals surface area contributed by atoms with Gasteiger partial charge in [-0.15, -0.1) is 0 Å². The highest BCUT2D eigenvalue weighted by Gasteiger charge is 2.02. The minimum absolute atomic E-state index is 0.132. The number of esters is 2. The van der Waals surface area contributed by atoms with Gasteiger partial charge in [-0.25, -0.2) is 0 Å². The van der Waals surface area contributed by atoms with E-state index in [0.29, 0.717) is 19.6 Å². The number of hydrogen-bond acceptors (Lipinski definition) is 6. The second-order valence-electron chi connectivity index (χ2n) is 3.19. The van der Waals surface area contributed by atoms with Crippen LogP contribution in [-0.2, 0) is 28.5 Å². The zero-order valence-corrected chi connectivity index (χ0v) is 11.1. The van der Waals surface area contributed by atoms with Crippen molar-refractivity contribution in [1.82, 2.24) is 0 Å². The van der Waals surface area contributed by atoms with Crippen molar-refractivity contribution in [3.05, 3.63) is 0 Å². The standard InChI is InChI=1S/C6H12O3.C5H10O3/c1-5(4-8-3)9-6(2)7;1-7-4-3-5(6)8-2/h5H,4H2,1-3H3;3-4H2,1-2H3. The van der Waals surface area contributed by atoms with Crippen molar-refractivity contribution in [2.45, 2.75) is 26.4 Å². The lowest BCUT2D eigenvalue weighted by Gasteiger charge is -2.08. The Morgan fingerprint density at radius 1 is 1.12 bits per heavy atom. The molecule has 0 aliphatic rings. The van der Waals surface area contributed by atoms with Crippen LogP contribution in [0.1, 0.15) is 20.3 Å². The number of carbonyl (C=O) groups is 2. The first-order valence-electron chi connectivity index (χ1n) is 5.19. The Bertz CT molecular complexity index is 204. The van der Waals surface area contributed by atoms with Crippen LogP contribution in [0.3, 0.4) is 0 Å². The van der Waals surface area contributed by atoms with Crippen LogP contribution >= 0.6 is 0 Å². The third-order valence-corrected chi connectivity index (χ3v) is 1.51. The van der Waals surface area contributed by atoms with E-state index in [1.165, 1.54) is 14.0 Å². The average molecular weight is 250 g/mol. The largest absolute Gasteiger partial charge is 0.469 e. The number of rotatable bonds is 6. The summed E-state index contributed by atoms with van der Waals surface area (Å²) in [5, 5.41) is 0. The maximum absolute atomic E-state index is 10.3. The van der Waals surface area contributed by atoms with Gasteiger partial charge in [0.2, 0.25) is 0 Å². The van der Waals surface area contributed by atoms with Crippen LogP contribution in [0.4, 0.5) is 0 Å². The molecule has 0 bridgehead atoms. The second kappa shape index (κ2) is 12.9. The molecule has 6 heteroatoms. The predicted octanol–water partition coefficient (Wildman–Crippen LogP) is 0.780. The van der Waals surface area contributed by atoms with E-state index < -0.39 is 0 Å². The van der Waals surface area contributed by atoms with Gasteiger partial charge in [0.05, 0.1) is 26.7 Å². The molecular weight excluding hydrogens is 228 g/mol. The van der Waals surface area contributed by atoms with Crippen LogP contribution in [0.5, 0.6) is 0 Å². The molecule has 0 aromatic heterocycles. The summed E-state index contributed by atoms with van der Waals surface area (Å²) < 4.78 is 18.4. The molecule has 0 amide bonds. The van der Waals surface area contributed by atoms with Crippen molar-refractivity contribution in [3.8, 4) is 0 Å². The van der Waals surface area contributed by atoms with Crippen LogP contribution in [0, 0.1) is 0 Å². The van der Waals surface area contributed by atoms with E-state index in [1.807, 2.05) is 0 Å². The molecule has 0 heterocycles. The molecule has 17 heavy (non-hydrogen) atoms. The molecule has 6 nitrogen and oxygen atoms in total. The van der Waals surface area contributed by atoms with E-state index in [9.17, 15) is 9.59 Å². The lowest BCUT2D eigenvalue weighted by atomic mass is 10.4. The molecule has 0 aliphatic heterocycles. The van der Waals surface area contributed by atoms with Crippen molar-refractivity contribution in [3.63, 3.8) is 0 Å².